The molecule has 6 rings (SSSR count). The number of benzene rings is 4. The third-order valence-electron chi connectivity index (χ3n) is 7.15. The third-order valence-corrected chi connectivity index (χ3v) is 7.15. The molecule has 0 fully saturated rings. The van der Waals surface area contributed by atoms with E-state index >= 15 is 0 Å². The first kappa shape index (κ1) is 22.4. The van der Waals surface area contributed by atoms with Gasteiger partial charge in [-0.15, -0.1) is 0 Å². The summed E-state index contributed by atoms with van der Waals surface area (Å²) in [4.78, 5) is 4.78. The standard InChI is InChI=1S/C33H31N3/c1-22(2)28-20-25(36-30-16-10-8-14-26(30)27-15-9-11-17-31(27)36)21-29(23(3)4)32(28)35-19-18-34-33(35)24-12-6-5-7-13-24/h5-23H,1-4H3. The highest BCUT2D eigenvalue weighted by molar-refractivity contribution is 6.09. The fraction of sp³-hybridized carbons (Fsp3) is 0.182. The fourth-order valence-electron chi connectivity index (χ4n) is 5.44. The van der Waals surface area contributed by atoms with Crippen LogP contribution >= 0.6 is 0 Å². The van der Waals surface area contributed by atoms with Gasteiger partial charge in [0.15, 0.2) is 0 Å². The molecule has 4 aromatic carbocycles. The number of hydrogen-bond acceptors (Lipinski definition) is 1. The topological polar surface area (TPSA) is 22.8 Å². The second-order valence-electron chi connectivity index (χ2n) is 10.1. The minimum Gasteiger partial charge on any atom is -0.309 e. The first-order chi connectivity index (χ1) is 17.5. The van der Waals surface area contributed by atoms with Crippen molar-refractivity contribution in [2.45, 2.75) is 39.5 Å². The van der Waals surface area contributed by atoms with Crippen LogP contribution in [0.1, 0.15) is 50.7 Å². The van der Waals surface area contributed by atoms with Crippen LogP contribution in [0.15, 0.2) is 103 Å². The lowest BCUT2D eigenvalue weighted by atomic mass is 9.91. The number of nitrogens with zero attached hydrogens (tertiary/aromatic N) is 3. The summed E-state index contributed by atoms with van der Waals surface area (Å²) in [5.74, 6) is 1.66. The highest BCUT2D eigenvalue weighted by Crippen LogP contribution is 2.39. The Hall–Kier alpha value is -4.11. The third kappa shape index (κ3) is 3.54. The molecule has 0 aliphatic rings. The van der Waals surface area contributed by atoms with E-state index in [4.69, 9.17) is 4.98 Å². The maximum absolute atomic E-state index is 4.78. The summed E-state index contributed by atoms with van der Waals surface area (Å²) in [5, 5.41) is 2.57. The van der Waals surface area contributed by atoms with E-state index in [0.29, 0.717) is 11.8 Å². The molecule has 36 heavy (non-hydrogen) atoms. The number of hydrogen-bond donors (Lipinski definition) is 0. The monoisotopic (exact) mass is 469 g/mol. The van der Waals surface area contributed by atoms with Crippen LogP contribution in [0.3, 0.4) is 0 Å². The van der Waals surface area contributed by atoms with Gasteiger partial charge in [-0.1, -0.05) is 94.4 Å². The van der Waals surface area contributed by atoms with E-state index in [1.807, 2.05) is 6.20 Å². The summed E-state index contributed by atoms with van der Waals surface area (Å²) >= 11 is 0. The van der Waals surface area contributed by atoms with Gasteiger partial charge in [0.1, 0.15) is 5.82 Å². The Labute approximate surface area is 212 Å². The Kier molecular flexibility index (Phi) is 5.49. The number of fused-ring (bicyclic) bond motifs is 3. The van der Waals surface area contributed by atoms with E-state index in [2.05, 4.69) is 134 Å². The molecule has 0 aliphatic heterocycles. The summed E-state index contributed by atoms with van der Waals surface area (Å²) in [6.45, 7) is 9.16. The van der Waals surface area contributed by atoms with E-state index in [0.717, 1.165) is 11.4 Å². The van der Waals surface area contributed by atoms with E-state index < -0.39 is 0 Å². The summed E-state index contributed by atoms with van der Waals surface area (Å²) in [6.07, 6.45) is 4.02. The van der Waals surface area contributed by atoms with Crippen molar-refractivity contribution < 1.29 is 0 Å². The molecular formula is C33H31N3. The molecule has 0 unspecified atom stereocenters. The molecule has 0 spiro atoms. The molecule has 178 valence electrons. The van der Waals surface area contributed by atoms with Crippen molar-refractivity contribution in [3.8, 4) is 22.8 Å². The predicted molar refractivity (Wildman–Crippen MR) is 152 cm³/mol. The van der Waals surface area contributed by atoms with Crippen LogP contribution in [-0.2, 0) is 0 Å². The van der Waals surface area contributed by atoms with Crippen LogP contribution in [0.4, 0.5) is 0 Å². The zero-order chi connectivity index (χ0) is 24.8. The lowest BCUT2D eigenvalue weighted by molar-refractivity contribution is 0.803. The lowest BCUT2D eigenvalue weighted by Crippen LogP contribution is -2.10. The van der Waals surface area contributed by atoms with Gasteiger partial charge in [-0.2, -0.15) is 0 Å². The van der Waals surface area contributed by atoms with Crippen molar-refractivity contribution in [1.82, 2.24) is 14.1 Å². The van der Waals surface area contributed by atoms with Gasteiger partial charge in [-0.05, 0) is 47.2 Å². The quantitative estimate of drug-likeness (QED) is 0.247. The zero-order valence-electron chi connectivity index (χ0n) is 21.3. The highest BCUT2D eigenvalue weighted by atomic mass is 15.1. The smallest absolute Gasteiger partial charge is 0.144 e. The van der Waals surface area contributed by atoms with Crippen LogP contribution in [0.25, 0.3) is 44.6 Å². The maximum atomic E-state index is 4.78. The first-order valence-corrected chi connectivity index (χ1v) is 12.8. The van der Waals surface area contributed by atoms with Crippen LogP contribution in [-0.4, -0.2) is 14.1 Å². The molecule has 0 saturated heterocycles. The van der Waals surface area contributed by atoms with Gasteiger partial charge < -0.3 is 4.57 Å². The van der Waals surface area contributed by atoms with Crippen molar-refractivity contribution in [1.29, 1.82) is 0 Å². The largest absolute Gasteiger partial charge is 0.309 e. The van der Waals surface area contributed by atoms with Gasteiger partial charge in [0, 0.05) is 34.4 Å². The second-order valence-corrected chi connectivity index (χ2v) is 10.1. The average Bonchev–Trinajstić information content (AvgIpc) is 3.51. The van der Waals surface area contributed by atoms with Crippen LogP contribution < -0.4 is 0 Å². The number of rotatable bonds is 5. The van der Waals surface area contributed by atoms with Gasteiger partial charge >= 0.3 is 0 Å². The summed E-state index contributed by atoms with van der Waals surface area (Å²) in [6, 6.07) is 32.7. The molecule has 0 aliphatic carbocycles. The van der Waals surface area contributed by atoms with Gasteiger partial charge in [0.25, 0.3) is 0 Å². The van der Waals surface area contributed by atoms with E-state index in [1.54, 1.807) is 0 Å². The van der Waals surface area contributed by atoms with E-state index in [-0.39, 0.29) is 0 Å². The first-order valence-electron chi connectivity index (χ1n) is 12.8. The van der Waals surface area contributed by atoms with Crippen LogP contribution in [0.2, 0.25) is 0 Å². The van der Waals surface area contributed by atoms with Gasteiger partial charge in [0.2, 0.25) is 0 Å². The summed E-state index contributed by atoms with van der Waals surface area (Å²) < 4.78 is 4.72. The molecule has 2 heterocycles. The van der Waals surface area contributed by atoms with E-state index in [1.165, 1.54) is 44.3 Å². The summed E-state index contributed by atoms with van der Waals surface area (Å²) in [7, 11) is 0. The Bertz CT molecular complexity index is 1600. The number of imidazole rings is 1. The predicted octanol–water partition coefficient (Wildman–Crippen LogP) is 8.88. The van der Waals surface area contributed by atoms with Crippen molar-refractivity contribution in [2.75, 3.05) is 0 Å². The molecule has 0 atom stereocenters. The fourth-order valence-corrected chi connectivity index (χ4v) is 5.44. The van der Waals surface area contributed by atoms with Gasteiger partial charge in [-0.25, -0.2) is 4.98 Å². The Morgan fingerprint density at radius 1 is 0.639 bits per heavy atom. The minimum absolute atomic E-state index is 0.344. The van der Waals surface area contributed by atoms with Crippen LogP contribution in [0, 0.1) is 0 Å². The van der Waals surface area contributed by atoms with Gasteiger partial charge in [-0.3, -0.25) is 4.57 Å². The van der Waals surface area contributed by atoms with Gasteiger partial charge in [0.05, 0.1) is 16.7 Å². The number of aromatic nitrogens is 3. The van der Waals surface area contributed by atoms with Crippen molar-refractivity contribution >= 4 is 21.8 Å². The summed E-state index contributed by atoms with van der Waals surface area (Å²) in [5.41, 5.74) is 8.72. The molecule has 0 amide bonds. The zero-order valence-corrected chi connectivity index (χ0v) is 21.3. The van der Waals surface area contributed by atoms with E-state index in [9.17, 15) is 0 Å². The Morgan fingerprint density at radius 3 is 1.72 bits per heavy atom. The highest BCUT2D eigenvalue weighted by Gasteiger charge is 2.22. The van der Waals surface area contributed by atoms with Crippen molar-refractivity contribution in [3.63, 3.8) is 0 Å². The molecule has 2 aromatic heterocycles. The lowest BCUT2D eigenvalue weighted by Gasteiger charge is -2.24. The molecule has 3 heteroatoms. The molecular weight excluding hydrogens is 438 g/mol. The molecule has 6 aromatic rings. The minimum atomic E-state index is 0.344. The number of para-hydroxylation sites is 2. The van der Waals surface area contributed by atoms with Crippen LogP contribution in [0.5, 0.6) is 0 Å². The molecule has 0 bridgehead atoms. The Morgan fingerprint density at radius 2 is 1.17 bits per heavy atom. The molecule has 0 N–H and O–H groups in total. The maximum Gasteiger partial charge on any atom is 0.144 e. The van der Waals surface area contributed by atoms with Crippen molar-refractivity contribution in [3.05, 3.63) is 115 Å². The average molecular weight is 470 g/mol. The Balaban J connectivity index is 1.67. The molecule has 0 saturated carbocycles. The SMILES string of the molecule is CC(C)c1cc(-n2c3ccccc3c3ccccc32)cc(C(C)C)c1-n1ccnc1-c1ccccc1. The molecule has 0 radical (unpaired) electrons. The van der Waals surface area contributed by atoms with Crippen molar-refractivity contribution in [2.24, 2.45) is 0 Å². The normalized spacial score (nSPS) is 11.8. The molecule has 3 nitrogen and oxygen atoms in total. The second kappa shape index (κ2) is 8.83.